The summed E-state index contributed by atoms with van der Waals surface area (Å²) < 4.78 is 0. The number of fused-ring (bicyclic) bond motifs is 1. The van der Waals surface area contributed by atoms with Crippen molar-refractivity contribution in [2.24, 2.45) is 0 Å². The number of nitrogens with one attached hydrogen (secondary N) is 2. The van der Waals surface area contributed by atoms with Gasteiger partial charge in [0.25, 0.3) is 0 Å². The van der Waals surface area contributed by atoms with E-state index in [2.05, 4.69) is 15.3 Å². The number of halogens is 1. The summed E-state index contributed by atoms with van der Waals surface area (Å²) in [5, 5.41) is 4.26. The van der Waals surface area contributed by atoms with Crippen molar-refractivity contribution in [2.75, 3.05) is 6.54 Å². The summed E-state index contributed by atoms with van der Waals surface area (Å²) in [6, 6.07) is 6.21. The van der Waals surface area contributed by atoms with Crippen LogP contribution in [0.2, 0.25) is 5.02 Å². The molecule has 1 atom stereocenters. The van der Waals surface area contributed by atoms with Crippen molar-refractivity contribution < 1.29 is 0 Å². The lowest BCUT2D eigenvalue weighted by molar-refractivity contribution is 0.513. The van der Waals surface area contributed by atoms with Crippen LogP contribution in [-0.2, 0) is 0 Å². The van der Waals surface area contributed by atoms with Crippen LogP contribution in [-0.4, -0.2) is 16.5 Å². The first-order valence-electron chi connectivity index (χ1n) is 6.22. The number of benzene rings is 1. The largest absolute Gasteiger partial charge is 0.341 e. The molecule has 0 amide bonds. The van der Waals surface area contributed by atoms with Crippen LogP contribution in [0, 0.1) is 0 Å². The number of H-pyrrole nitrogens is 1. The lowest BCUT2D eigenvalue weighted by Crippen LogP contribution is -2.21. The van der Waals surface area contributed by atoms with Gasteiger partial charge in [0.15, 0.2) is 0 Å². The molecule has 4 heteroatoms. The first-order chi connectivity index (χ1) is 8.34. The summed E-state index contributed by atoms with van der Waals surface area (Å²) in [4.78, 5) is 8.00. The van der Waals surface area contributed by atoms with Crippen molar-refractivity contribution in [1.82, 2.24) is 15.3 Å². The molecule has 2 N–H and O–H groups in total. The zero-order valence-electron chi connectivity index (χ0n) is 9.67. The molecule has 17 heavy (non-hydrogen) atoms. The number of hydrogen-bond donors (Lipinski definition) is 2. The maximum absolute atomic E-state index is 6.14. The third-order valence-corrected chi connectivity index (χ3v) is 3.68. The highest BCUT2D eigenvalue weighted by molar-refractivity contribution is 6.34. The van der Waals surface area contributed by atoms with Crippen LogP contribution in [0.4, 0.5) is 0 Å². The second-order valence-corrected chi connectivity index (χ2v) is 5.02. The Morgan fingerprint density at radius 2 is 2.18 bits per heavy atom. The Balaban J connectivity index is 1.96. The number of para-hydroxylation sites is 1. The van der Waals surface area contributed by atoms with Gasteiger partial charge in [-0.15, -0.1) is 0 Å². The maximum atomic E-state index is 6.14. The average molecular weight is 250 g/mol. The highest BCUT2D eigenvalue weighted by atomic mass is 35.5. The Labute approximate surface area is 106 Å². The van der Waals surface area contributed by atoms with E-state index in [1.54, 1.807) is 0 Å². The standard InChI is InChI=1S/C13H16ClN3/c14-9-5-4-7-10-12(9)17-13(16-10)11-6-2-1-3-8-15-11/h4-5,7,11,15H,1-3,6,8H2,(H,16,17). The zero-order valence-corrected chi connectivity index (χ0v) is 10.4. The fourth-order valence-corrected chi connectivity index (χ4v) is 2.66. The number of nitrogens with zero attached hydrogens (tertiary/aromatic N) is 1. The van der Waals surface area contributed by atoms with Gasteiger partial charge in [-0.1, -0.05) is 30.5 Å². The van der Waals surface area contributed by atoms with Gasteiger partial charge in [-0.25, -0.2) is 4.98 Å². The molecule has 0 bridgehead atoms. The minimum atomic E-state index is 0.348. The molecule has 0 spiro atoms. The molecule has 3 rings (SSSR count). The Bertz CT molecular complexity index is 512. The smallest absolute Gasteiger partial charge is 0.124 e. The fraction of sp³-hybridized carbons (Fsp3) is 0.462. The first kappa shape index (κ1) is 11.1. The quantitative estimate of drug-likeness (QED) is 0.813. The lowest BCUT2D eigenvalue weighted by atomic mass is 10.1. The molecule has 0 aliphatic carbocycles. The van der Waals surface area contributed by atoms with Gasteiger partial charge in [0.05, 0.1) is 16.6 Å². The van der Waals surface area contributed by atoms with Gasteiger partial charge >= 0.3 is 0 Å². The van der Waals surface area contributed by atoms with Gasteiger partial charge in [0.1, 0.15) is 11.3 Å². The molecular formula is C13H16ClN3. The van der Waals surface area contributed by atoms with Gasteiger partial charge in [-0.2, -0.15) is 0 Å². The molecule has 1 aromatic heterocycles. The minimum absolute atomic E-state index is 0.348. The molecule has 1 aromatic carbocycles. The van der Waals surface area contributed by atoms with Crippen LogP contribution >= 0.6 is 11.6 Å². The monoisotopic (exact) mass is 249 g/mol. The molecule has 1 unspecified atom stereocenters. The normalized spacial score (nSPS) is 21.6. The van der Waals surface area contributed by atoms with Crippen molar-refractivity contribution in [1.29, 1.82) is 0 Å². The fourth-order valence-electron chi connectivity index (χ4n) is 2.44. The number of hydrogen-bond acceptors (Lipinski definition) is 2. The summed E-state index contributed by atoms with van der Waals surface area (Å²) in [5.41, 5.74) is 1.91. The van der Waals surface area contributed by atoms with Crippen molar-refractivity contribution in [2.45, 2.75) is 31.7 Å². The molecule has 1 aliphatic rings. The van der Waals surface area contributed by atoms with Gasteiger partial charge in [-0.3, -0.25) is 0 Å². The molecule has 2 aromatic rings. The van der Waals surface area contributed by atoms with E-state index in [1.807, 2.05) is 18.2 Å². The molecule has 90 valence electrons. The van der Waals surface area contributed by atoms with Gasteiger partial charge in [0, 0.05) is 0 Å². The molecule has 3 nitrogen and oxygen atoms in total. The minimum Gasteiger partial charge on any atom is -0.341 e. The van der Waals surface area contributed by atoms with E-state index >= 15 is 0 Å². The van der Waals surface area contributed by atoms with E-state index < -0.39 is 0 Å². The number of imidazole rings is 1. The van der Waals surface area contributed by atoms with E-state index in [9.17, 15) is 0 Å². The maximum Gasteiger partial charge on any atom is 0.124 e. The van der Waals surface area contributed by atoms with Crippen molar-refractivity contribution in [3.63, 3.8) is 0 Å². The highest BCUT2D eigenvalue weighted by Gasteiger charge is 2.17. The van der Waals surface area contributed by atoms with Crippen molar-refractivity contribution >= 4 is 22.6 Å². The summed E-state index contributed by atoms with van der Waals surface area (Å²) >= 11 is 6.14. The molecule has 0 saturated carbocycles. The van der Waals surface area contributed by atoms with Gasteiger partial charge < -0.3 is 10.3 Å². The van der Waals surface area contributed by atoms with Crippen LogP contribution in [0.5, 0.6) is 0 Å². The van der Waals surface area contributed by atoms with Crippen LogP contribution < -0.4 is 5.32 Å². The SMILES string of the molecule is Clc1cccc2[nH]c(C3CCCCCN3)nc12. The highest BCUT2D eigenvalue weighted by Crippen LogP contribution is 2.26. The van der Waals surface area contributed by atoms with Crippen LogP contribution in [0.15, 0.2) is 18.2 Å². The molecule has 1 saturated heterocycles. The van der Waals surface area contributed by atoms with Crippen LogP contribution in [0.25, 0.3) is 11.0 Å². The van der Waals surface area contributed by atoms with E-state index in [-0.39, 0.29) is 0 Å². The summed E-state index contributed by atoms with van der Waals surface area (Å²) in [6.45, 7) is 1.08. The Kier molecular flexibility index (Phi) is 3.04. The average Bonchev–Trinajstić information content (AvgIpc) is 2.59. The molecular weight excluding hydrogens is 234 g/mol. The van der Waals surface area contributed by atoms with Gasteiger partial charge in [-0.05, 0) is 31.5 Å². The van der Waals surface area contributed by atoms with E-state index in [1.165, 1.54) is 19.3 Å². The molecule has 1 fully saturated rings. The molecule has 1 aliphatic heterocycles. The third-order valence-electron chi connectivity index (χ3n) is 3.37. The van der Waals surface area contributed by atoms with Gasteiger partial charge in [0.2, 0.25) is 0 Å². The first-order valence-corrected chi connectivity index (χ1v) is 6.60. The lowest BCUT2D eigenvalue weighted by Gasteiger charge is -2.12. The van der Waals surface area contributed by atoms with E-state index in [0.29, 0.717) is 6.04 Å². The predicted octanol–water partition coefficient (Wildman–Crippen LogP) is 3.42. The third kappa shape index (κ3) is 2.17. The van der Waals surface area contributed by atoms with Crippen LogP contribution in [0.3, 0.4) is 0 Å². The number of aromatic nitrogens is 2. The zero-order chi connectivity index (χ0) is 11.7. The molecule has 2 heterocycles. The number of rotatable bonds is 1. The van der Waals surface area contributed by atoms with Crippen LogP contribution in [0.1, 0.15) is 37.5 Å². The van der Waals surface area contributed by atoms with Crippen molar-refractivity contribution in [3.8, 4) is 0 Å². The Hall–Kier alpha value is -1.06. The summed E-state index contributed by atoms with van der Waals surface area (Å²) in [7, 11) is 0. The Morgan fingerprint density at radius 3 is 3.06 bits per heavy atom. The summed E-state index contributed by atoms with van der Waals surface area (Å²) in [6.07, 6.45) is 4.99. The number of aromatic amines is 1. The van der Waals surface area contributed by atoms with E-state index in [4.69, 9.17) is 11.6 Å². The Morgan fingerprint density at radius 1 is 1.24 bits per heavy atom. The topological polar surface area (TPSA) is 40.7 Å². The van der Waals surface area contributed by atoms with Crippen molar-refractivity contribution in [3.05, 3.63) is 29.0 Å². The second kappa shape index (κ2) is 4.67. The molecule has 0 radical (unpaired) electrons. The second-order valence-electron chi connectivity index (χ2n) is 4.61. The predicted molar refractivity (Wildman–Crippen MR) is 70.3 cm³/mol. The summed E-state index contributed by atoms with van der Waals surface area (Å²) in [5.74, 6) is 1.02. The van der Waals surface area contributed by atoms with E-state index in [0.717, 1.165) is 34.8 Å².